The predicted molar refractivity (Wildman–Crippen MR) is 100 cm³/mol. The number of benzene rings is 1. The van der Waals surface area contributed by atoms with Gasteiger partial charge in [0.1, 0.15) is 6.73 Å². The van der Waals surface area contributed by atoms with Crippen molar-refractivity contribution in [1.82, 2.24) is 9.55 Å². The van der Waals surface area contributed by atoms with Crippen LogP contribution in [0.25, 0.3) is 0 Å². The fraction of sp³-hybridized carbons (Fsp3) is 0.444. The quantitative estimate of drug-likeness (QED) is 0.661. The summed E-state index contributed by atoms with van der Waals surface area (Å²) in [7, 11) is -3.24. The summed E-state index contributed by atoms with van der Waals surface area (Å²) in [5, 5.41) is 0. The van der Waals surface area contributed by atoms with E-state index in [-0.39, 0.29) is 24.8 Å². The topological polar surface area (TPSA) is 98.2 Å². The van der Waals surface area contributed by atoms with E-state index in [2.05, 4.69) is 4.98 Å². The maximum atomic E-state index is 12.4. The largest absolute Gasteiger partial charge is 0.361 e. The van der Waals surface area contributed by atoms with E-state index < -0.39 is 26.5 Å². The highest BCUT2D eigenvalue weighted by molar-refractivity contribution is 7.91. The third kappa shape index (κ3) is 5.96. The van der Waals surface area contributed by atoms with Crippen LogP contribution in [0.15, 0.2) is 52.2 Å². The molecule has 2 aromatic rings. The fourth-order valence-corrected chi connectivity index (χ4v) is 4.65. The number of nitrogens with zero attached hydrogens (tertiary/aromatic N) is 1. The molecule has 0 radical (unpaired) electrons. The van der Waals surface area contributed by atoms with Gasteiger partial charge in [0, 0.05) is 24.3 Å². The molecule has 0 bridgehead atoms. The Morgan fingerprint density at radius 3 is 2.46 bits per heavy atom. The van der Waals surface area contributed by atoms with Crippen molar-refractivity contribution in [2.75, 3.05) is 18.1 Å². The smallest absolute Gasteiger partial charge is 0.330 e. The molecule has 2 rings (SSSR count). The van der Waals surface area contributed by atoms with Crippen molar-refractivity contribution in [1.29, 1.82) is 0 Å². The van der Waals surface area contributed by atoms with Crippen molar-refractivity contribution in [3.8, 4) is 0 Å². The number of rotatable bonds is 9. The average Bonchev–Trinajstić information content (AvgIpc) is 2.56. The summed E-state index contributed by atoms with van der Waals surface area (Å²) in [6, 6.07) is 10.8. The lowest BCUT2D eigenvalue weighted by molar-refractivity contribution is 0.0745. The average molecular weight is 380 g/mol. The Hall–Kier alpha value is -2.19. The molecule has 1 heterocycles. The third-order valence-corrected chi connectivity index (χ3v) is 6.08. The number of aromatic amines is 1. The molecule has 0 amide bonds. The fourth-order valence-electron chi connectivity index (χ4n) is 2.68. The molecular weight excluding hydrogens is 356 g/mol. The third-order valence-electron chi connectivity index (χ3n) is 4.01. The zero-order valence-corrected chi connectivity index (χ0v) is 15.8. The maximum Gasteiger partial charge on any atom is 0.330 e. The second kappa shape index (κ2) is 8.46. The Morgan fingerprint density at radius 1 is 1.12 bits per heavy atom. The first-order valence-electron chi connectivity index (χ1n) is 8.33. The molecule has 0 saturated heterocycles. The van der Waals surface area contributed by atoms with Crippen molar-refractivity contribution >= 4 is 9.84 Å². The van der Waals surface area contributed by atoms with E-state index in [1.807, 2.05) is 44.2 Å². The number of aromatic nitrogens is 2. The molecule has 0 saturated carbocycles. The molecular formula is C18H24N2O5S. The van der Waals surface area contributed by atoms with Crippen LogP contribution in [-0.2, 0) is 26.7 Å². The van der Waals surface area contributed by atoms with Gasteiger partial charge in [-0.05, 0) is 12.0 Å². The monoisotopic (exact) mass is 380 g/mol. The second-order valence-corrected chi connectivity index (χ2v) is 9.00. The Labute approximate surface area is 152 Å². The van der Waals surface area contributed by atoms with E-state index in [0.717, 1.165) is 5.56 Å². The van der Waals surface area contributed by atoms with Crippen LogP contribution in [0.1, 0.15) is 25.8 Å². The number of nitrogens with one attached hydrogen (secondary N) is 1. The van der Waals surface area contributed by atoms with Crippen LogP contribution in [0.3, 0.4) is 0 Å². The summed E-state index contributed by atoms with van der Waals surface area (Å²) >= 11 is 0. The summed E-state index contributed by atoms with van der Waals surface area (Å²) in [6.07, 6.45) is 1.67. The molecule has 0 aliphatic heterocycles. The van der Waals surface area contributed by atoms with E-state index in [4.69, 9.17) is 4.74 Å². The van der Waals surface area contributed by atoms with E-state index >= 15 is 0 Å². The normalized spacial score (nSPS) is 12.2. The second-order valence-electron chi connectivity index (χ2n) is 6.81. The first-order valence-corrected chi connectivity index (χ1v) is 10.2. The summed E-state index contributed by atoms with van der Waals surface area (Å²) < 4.78 is 31.3. The minimum Gasteiger partial charge on any atom is -0.361 e. The molecule has 1 N–H and O–H groups in total. The molecule has 0 atom stereocenters. The first kappa shape index (κ1) is 20.1. The molecule has 0 spiro atoms. The zero-order valence-electron chi connectivity index (χ0n) is 15.0. The van der Waals surface area contributed by atoms with E-state index in [1.54, 1.807) is 0 Å². The Kier molecular flexibility index (Phi) is 6.55. The van der Waals surface area contributed by atoms with E-state index in [1.165, 1.54) is 16.8 Å². The molecule has 8 heteroatoms. The van der Waals surface area contributed by atoms with Crippen molar-refractivity contribution in [3.05, 3.63) is 69.0 Å². The van der Waals surface area contributed by atoms with Crippen molar-refractivity contribution in [2.45, 2.75) is 32.4 Å². The van der Waals surface area contributed by atoms with E-state index in [9.17, 15) is 18.0 Å². The number of hydrogen-bond acceptors (Lipinski definition) is 5. The van der Waals surface area contributed by atoms with Gasteiger partial charge in [-0.1, -0.05) is 44.2 Å². The highest BCUT2D eigenvalue weighted by atomic mass is 32.2. The van der Waals surface area contributed by atoms with Crippen molar-refractivity contribution in [3.63, 3.8) is 0 Å². The summed E-state index contributed by atoms with van der Waals surface area (Å²) in [6.45, 7) is 4.00. The van der Waals surface area contributed by atoms with Gasteiger partial charge >= 0.3 is 5.69 Å². The standard InChI is InChI=1S/C18H24N2O5S/c1-18(2,15-7-4-3-5-8-15)13-26(23,24)12-6-11-25-14-20-10-9-16(21)19-17(20)22/h3-5,7-10H,6,11-14H2,1-2H3,(H,19,21,22). The van der Waals surface area contributed by atoms with Gasteiger partial charge in [-0.3, -0.25) is 14.3 Å². The Balaban J connectivity index is 1.81. The summed E-state index contributed by atoms with van der Waals surface area (Å²) in [4.78, 5) is 24.6. The zero-order chi connectivity index (χ0) is 19.2. The number of sulfone groups is 1. The first-order chi connectivity index (χ1) is 12.2. The molecule has 142 valence electrons. The van der Waals surface area contributed by atoms with Crippen LogP contribution in [0.2, 0.25) is 0 Å². The predicted octanol–water partition coefficient (Wildman–Crippen LogP) is 1.29. The number of hydrogen-bond donors (Lipinski definition) is 1. The van der Waals surface area contributed by atoms with Crippen LogP contribution >= 0.6 is 0 Å². The molecule has 7 nitrogen and oxygen atoms in total. The number of H-pyrrole nitrogens is 1. The molecule has 0 aliphatic carbocycles. The van der Waals surface area contributed by atoms with Gasteiger partial charge in [-0.25, -0.2) is 13.2 Å². The van der Waals surface area contributed by atoms with Gasteiger partial charge < -0.3 is 4.74 Å². The minimum absolute atomic E-state index is 0.0176. The minimum atomic E-state index is -3.24. The Bertz CT molecular complexity index is 930. The van der Waals surface area contributed by atoms with Gasteiger partial charge in [0.25, 0.3) is 5.56 Å². The molecule has 1 aromatic carbocycles. The lowest BCUT2D eigenvalue weighted by atomic mass is 9.87. The Morgan fingerprint density at radius 2 is 1.81 bits per heavy atom. The van der Waals surface area contributed by atoms with Crippen LogP contribution in [-0.4, -0.2) is 36.1 Å². The van der Waals surface area contributed by atoms with Crippen LogP contribution in [0.5, 0.6) is 0 Å². The van der Waals surface area contributed by atoms with Gasteiger partial charge in [0.2, 0.25) is 0 Å². The van der Waals surface area contributed by atoms with Gasteiger partial charge in [-0.15, -0.1) is 0 Å². The number of ether oxygens (including phenoxy) is 1. The van der Waals surface area contributed by atoms with Gasteiger partial charge in [0.05, 0.1) is 11.5 Å². The van der Waals surface area contributed by atoms with Gasteiger partial charge in [0.15, 0.2) is 9.84 Å². The van der Waals surface area contributed by atoms with Gasteiger partial charge in [-0.2, -0.15) is 0 Å². The van der Waals surface area contributed by atoms with E-state index in [0.29, 0.717) is 6.42 Å². The molecule has 0 fully saturated rings. The van der Waals surface area contributed by atoms with Crippen LogP contribution in [0, 0.1) is 0 Å². The molecule has 26 heavy (non-hydrogen) atoms. The summed E-state index contributed by atoms with van der Waals surface area (Å²) in [5.74, 6) is 0.0766. The molecule has 0 unspecified atom stereocenters. The lowest BCUT2D eigenvalue weighted by Gasteiger charge is -2.25. The molecule has 1 aromatic heterocycles. The highest BCUT2D eigenvalue weighted by Crippen LogP contribution is 2.25. The maximum absolute atomic E-state index is 12.4. The SMILES string of the molecule is CC(C)(CS(=O)(=O)CCCOCn1ccc(=O)[nH]c1=O)c1ccccc1. The van der Waals surface area contributed by atoms with Crippen molar-refractivity contribution in [2.24, 2.45) is 0 Å². The van der Waals surface area contributed by atoms with Crippen molar-refractivity contribution < 1.29 is 13.2 Å². The highest BCUT2D eigenvalue weighted by Gasteiger charge is 2.27. The summed E-state index contributed by atoms with van der Waals surface area (Å²) in [5.41, 5.74) is -0.519. The molecule has 0 aliphatic rings. The lowest BCUT2D eigenvalue weighted by Crippen LogP contribution is -2.30. The van der Waals surface area contributed by atoms with Crippen LogP contribution in [0.4, 0.5) is 0 Å². The van der Waals surface area contributed by atoms with Crippen LogP contribution < -0.4 is 11.2 Å².